The molecule has 0 saturated heterocycles. The number of alkyl halides is 3. The lowest BCUT2D eigenvalue weighted by molar-refractivity contribution is -0.137. The Labute approximate surface area is 153 Å². The van der Waals surface area contributed by atoms with Crippen LogP contribution in [0.2, 0.25) is 0 Å². The highest BCUT2D eigenvalue weighted by Gasteiger charge is 2.35. The van der Waals surface area contributed by atoms with E-state index in [1.54, 1.807) is 4.83 Å². The second-order valence-electron chi connectivity index (χ2n) is 5.76. The molecule has 0 saturated carbocycles. The molecule has 0 aliphatic heterocycles. The van der Waals surface area contributed by atoms with Crippen LogP contribution in [-0.4, -0.2) is 28.9 Å². The monoisotopic (exact) mass is 416 g/mol. The molecule has 28 heavy (non-hydrogen) atoms. The molecule has 1 aromatic carbocycles. The molecular formula is C15H11F3N4O5S. The third-order valence-corrected chi connectivity index (χ3v) is 4.17. The molecule has 0 amide bonds. The zero-order chi connectivity index (χ0) is 20.9. The van der Waals surface area contributed by atoms with Gasteiger partial charge in [0.15, 0.2) is 0 Å². The van der Waals surface area contributed by atoms with E-state index in [0.29, 0.717) is 16.9 Å². The van der Waals surface area contributed by atoms with Crippen LogP contribution in [0.4, 0.5) is 13.2 Å². The lowest BCUT2D eigenvalue weighted by atomic mass is 10.1. The van der Waals surface area contributed by atoms with Crippen LogP contribution in [0.1, 0.15) is 5.56 Å². The van der Waals surface area contributed by atoms with Crippen molar-refractivity contribution in [1.29, 1.82) is 0 Å². The normalized spacial score (nSPS) is 12.3. The summed E-state index contributed by atoms with van der Waals surface area (Å²) in [5.74, 6) is 0. The van der Waals surface area contributed by atoms with Crippen molar-refractivity contribution in [2.24, 2.45) is 0 Å². The Morgan fingerprint density at radius 3 is 2.36 bits per heavy atom. The third-order valence-electron chi connectivity index (χ3n) is 3.66. The molecule has 2 heterocycles. The van der Waals surface area contributed by atoms with E-state index in [1.165, 1.54) is 12.1 Å². The van der Waals surface area contributed by atoms with E-state index in [4.69, 9.17) is 0 Å². The van der Waals surface area contributed by atoms with Crippen molar-refractivity contribution < 1.29 is 21.6 Å². The van der Waals surface area contributed by atoms with Gasteiger partial charge in [0.25, 0.3) is 11.1 Å². The van der Waals surface area contributed by atoms with E-state index in [9.17, 15) is 36.0 Å². The minimum atomic E-state index is -4.91. The fraction of sp³-hybridized carbons (Fsp3) is 0.133. The Balaban J connectivity index is 2.46. The highest BCUT2D eigenvalue weighted by molar-refractivity contribution is 7.91. The Morgan fingerprint density at radius 1 is 1.11 bits per heavy atom. The van der Waals surface area contributed by atoms with Gasteiger partial charge in [0.05, 0.1) is 28.4 Å². The molecule has 0 aliphatic rings. The van der Waals surface area contributed by atoms with Gasteiger partial charge in [0.2, 0.25) is 10.0 Å². The van der Waals surface area contributed by atoms with Crippen molar-refractivity contribution in [1.82, 2.24) is 14.2 Å². The smallest absolute Gasteiger partial charge is 0.305 e. The van der Waals surface area contributed by atoms with Gasteiger partial charge < -0.3 is 4.98 Å². The number of halogens is 3. The molecule has 0 radical (unpaired) electrons. The van der Waals surface area contributed by atoms with Gasteiger partial charge in [0, 0.05) is 12.3 Å². The number of H-pyrrole nitrogens is 1. The van der Waals surface area contributed by atoms with E-state index < -0.39 is 55.2 Å². The average molecular weight is 416 g/mol. The minimum absolute atomic E-state index is 0.114. The largest absolute Gasteiger partial charge is 0.418 e. The lowest BCUT2D eigenvalue weighted by Crippen LogP contribution is -2.43. The maximum atomic E-state index is 13.5. The van der Waals surface area contributed by atoms with E-state index in [2.05, 4.69) is 0 Å². The summed E-state index contributed by atoms with van der Waals surface area (Å²) in [4.78, 5) is 40.1. The summed E-state index contributed by atoms with van der Waals surface area (Å²) < 4.78 is 64.0. The fourth-order valence-corrected chi connectivity index (χ4v) is 3.05. The van der Waals surface area contributed by atoms with E-state index in [1.807, 2.05) is 4.98 Å². The summed E-state index contributed by atoms with van der Waals surface area (Å²) in [5, 5.41) is -0.436. The van der Waals surface area contributed by atoms with Gasteiger partial charge in [-0.3, -0.25) is 14.2 Å². The molecular weight excluding hydrogens is 405 g/mol. The van der Waals surface area contributed by atoms with Gasteiger partial charge in [-0.15, -0.1) is 0 Å². The number of fused-ring (bicyclic) bond motifs is 1. The van der Waals surface area contributed by atoms with Crippen molar-refractivity contribution in [3.63, 3.8) is 0 Å². The molecule has 0 fully saturated rings. The number of sulfonamides is 1. The molecule has 0 aliphatic carbocycles. The van der Waals surface area contributed by atoms with Gasteiger partial charge in [-0.05, 0) is 18.2 Å². The van der Waals surface area contributed by atoms with Gasteiger partial charge in [-0.2, -0.15) is 17.8 Å². The first-order valence-electron chi connectivity index (χ1n) is 7.44. The number of hydrogen-bond acceptors (Lipinski definition) is 5. The Hall–Kier alpha value is -3.35. The molecule has 9 nitrogen and oxygen atoms in total. The summed E-state index contributed by atoms with van der Waals surface area (Å²) in [6, 6.07) is 4.95. The average Bonchev–Trinajstić information content (AvgIpc) is 2.57. The molecule has 0 spiro atoms. The number of aromatic nitrogens is 3. The summed E-state index contributed by atoms with van der Waals surface area (Å²) >= 11 is 0. The molecule has 2 aromatic heterocycles. The minimum Gasteiger partial charge on any atom is -0.305 e. The second kappa shape index (κ2) is 6.37. The highest BCUT2D eigenvalue weighted by Crippen LogP contribution is 2.35. The first-order chi connectivity index (χ1) is 12.9. The number of nitrogens with one attached hydrogen (secondary N) is 2. The highest BCUT2D eigenvalue weighted by atomic mass is 32.2. The van der Waals surface area contributed by atoms with Crippen molar-refractivity contribution in [3.05, 3.63) is 73.3 Å². The number of rotatable bonds is 3. The molecule has 13 heteroatoms. The topological polar surface area (TPSA) is 123 Å². The number of pyridine rings is 1. The number of nitrogens with zero attached hydrogens (tertiary/aromatic N) is 2. The number of benzene rings is 1. The predicted octanol–water partition coefficient (Wildman–Crippen LogP) is 0.363. The zero-order valence-corrected chi connectivity index (χ0v) is 14.8. The molecule has 3 aromatic rings. The third kappa shape index (κ3) is 3.55. The molecule has 0 unspecified atom stereocenters. The van der Waals surface area contributed by atoms with Gasteiger partial charge in [-0.25, -0.2) is 18.0 Å². The van der Waals surface area contributed by atoms with E-state index in [0.717, 1.165) is 18.3 Å². The summed E-state index contributed by atoms with van der Waals surface area (Å²) in [7, 11) is -4.03. The van der Waals surface area contributed by atoms with Crippen LogP contribution in [0, 0.1) is 0 Å². The predicted molar refractivity (Wildman–Crippen MR) is 93.6 cm³/mol. The maximum absolute atomic E-state index is 13.5. The van der Waals surface area contributed by atoms with Crippen LogP contribution >= 0.6 is 0 Å². The van der Waals surface area contributed by atoms with Crippen molar-refractivity contribution in [2.75, 3.05) is 11.1 Å². The summed E-state index contributed by atoms with van der Waals surface area (Å²) in [6.45, 7) is 0. The molecule has 2 N–H and O–H groups in total. The Kier molecular flexibility index (Phi) is 4.41. The quantitative estimate of drug-likeness (QED) is 0.638. The Morgan fingerprint density at radius 2 is 1.79 bits per heavy atom. The van der Waals surface area contributed by atoms with Gasteiger partial charge in [-0.1, -0.05) is 6.07 Å². The van der Waals surface area contributed by atoms with Crippen molar-refractivity contribution in [3.8, 4) is 5.69 Å². The zero-order valence-electron chi connectivity index (χ0n) is 13.9. The van der Waals surface area contributed by atoms with Crippen LogP contribution in [0.25, 0.3) is 16.6 Å². The molecule has 0 bridgehead atoms. The van der Waals surface area contributed by atoms with Gasteiger partial charge >= 0.3 is 11.9 Å². The van der Waals surface area contributed by atoms with Crippen LogP contribution in [-0.2, 0) is 16.2 Å². The number of aromatic amines is 1. The van der Waals surface area contributed by atoms with Crippen LogP contribution in [0.3, 0.4) is 0 Å². The molecule has 3 rings (SSSR count). The lowest BCUT2D eigenvalue weighted by Gasteiger charge is -2.16. The van der Waals surface area contributed by atoms with Crippen LogP contribution in [0.15, 0.2) is 50.9 Å². The number of hydrogen-bond donors (Lipinski definition) is 2. The SMILES string of the molecule is CS(=O)(=O)Nn1c(=O)[nH]c2cc(C(F)(F)F)c(-n3ccccc3=O)cc2c1=O. The standard InChI is InChI=1S/C15H11F3N4O5S/c1-28(26,27)20-22-13(24)8-6-11(21-5-3-2-4-12(21)23)9(15(16,17)18)7-10(8)19-14(22)25/h2-7,20H,1H3,(H,19,25). The first-order valence-corrected chi connectivity index (χ1v) is 9.34. The van der Waals surface area contributed by atoms with Crippen LogP contribution in [0.5, 0.6) is 0 Å². The molecule has 148 valence electrons. The fourth-order valence-electron chi connectivity index (χ4n) is 2.55. The maximum Gasteiger partial charge on any atom is 0.418 e. The van der Waals surface area contributed by atoms with Crippen molar-refractivity contribution >= 4 is 20.9 Å². The first kappa shape index (κ1) is 19.4. The van der Waals surface area contributed by atoms with Gasteiger partial charge in [0.1, 0.15) is 0 Å². The van der Waals surface area contributed by atoms with Crippen molar-refractivity contribution in [2.45, 2.75) is 6.18 Å². The summed E-state index contributed by atoms with van der Waals surface area (Å²) in [6.07, 6.45) is -3.14. The molecule has 0 atom stereocenters. The van der Waals surface area contributed by atoms with E-state index in [-0.39, 0.29) is 4.68 Å². The second-order valence-corrected chi connectivity index (χ2v) is 7.48. The van der Waals surface area contributed by atoms with E-state index >= 15 is 0 Å². The Bertz CT molecular complexity index is 1370. The van der Waals surface area contributed by atoms with Crippen LogP contribution < -0.4 is 21.6 Å². The summed E-state index contributed by atoms with van der Waals surface area (Å²) in [5.41, 5.74) is -5.66.